The number of hydrogen-bond donors (Lipinski definition) is 1. The van der Waals surface area contributed by atoms with Gasteiger partial charge in [-0.3, -0.25) is 0 Å². The van der Waals surface area contributed by atoms with Crippen LogP contribution >= 0.6 is 11.3 Å². The molecule has 0 amide bonds. The van der Waals surface area contributed by atoms with E-state index in [4.69, 9.17) is 5.73 Å². The highest BCUT2D eigenvalue weighted by atomic mass is 32.1. The van der Waals surface area contributed by atoms with Crippen LogP contribution in [0.4, 0.5) is 5.82 Å². The van der Waals surface area contributed by atoms with Gasteiger partial charge in [0.15, 0.2) is 5.82 Å². The second-order valence-electron chi connectivity index (χ2n) is 3.02. The van der Waals surface area contributed by atoms with E-state index in [2.05, 4.69) is 15.1 Å². The molecule has 3 heterocycles. The third kappa shape index (κ3) is 1.26. The first kappa shape index (κ1) is 8.37. The first-order valence-corrected chi connectivity index (χ1v) is 5.22. The van der Waals surface area contributed by atoms with Crippen molar-refractivity contribution in [1.82, 2.24) is 19.7 Å². The Morgan fingerprint density at radius 3 is 3.00 bits per heavy atom. The number of nitrogen functional groups attached to an aromatic ring is 1. The Bertz CT molecular complexity index is 612. The van der Waals surface area contributed by atoms with E-state index < -0.39 is 0 Å². The first-order valence-electron chi connectivity index (χ1n) is 4.34. The second kappa shape index (κ2) is 3.03. The Labute approximate surface area is 89.2 Å². The molecule has 15 heavy (non-hydrogen) atoms. The number of fused-ring (bicyclic) bond motifs is 1. The van der Waals surface area contributed by atoms with E-state index in [9.17, 15) is 0 Å². The van der Waals surface area contributed by atoms with Gasteiger partial charge in [-0.25, -0.2) is 14.6 Å². The number of thiophene rings is 1. The van der Waals surface area contributed by atoms with E-state index in [1.54, 1.807) is 28.3 Å². The van der Waals surface area contributed by atoms with Crippen LogP contribution in [-0.2, 0) is 0 Å². The molecule has 0 saturated carbocycles. The van der Waals surface area contributed by atoms with Gasteiger partial charge in [0.05, 0.1) is 10.2 Å². The van der Waals surface area contributed by atoms with E-state index in [-0.39, 0.29) is 0 Å². The van der Waals surface area contributed by atoms with Crippen molar-refractivity contribution in [2.45, 2.75) is 0 Å². The van der Waals surface area contributed by atoms with Crippen LogP contribution < -0.4 is 5.73 Å². The predicted octanol–water partition coefficient (Wildman–Crippen LogP) is 1.46. The Morgan fingerprint density at radius 2 is 2.20 bits per heavy atom. The van der Waals surface area contributed by atoms with Crippen molar-refractivity contribution in [3.63, 3.8) is 0 Å². The Hall–Kier alpha value is -1.95. The number of nitrogens with zero attached hydrogens (tertiary/aromatic N) is 4. The van der Waals surface area contributed by atoms with Crippen LogP contribution in [-0.4, -0.2) is 19.7 Å². The molecule has 0 atom stereocenters. The summed E-state index contributed by atoms with van der Waals surface area (Å²) in [5.74, 6) is 1.25. The summed E-state index contributed by atoms with van der Waals surface area (Å²) >= 11 is 1.59. The minimum Gasteiger partial charge on any atom is -0.382 e. The third-order valence-corrected chi connectivity index (χ3v) is 2.95. The maximum atomic E-state index is 5.56. The molecule has 6 heteroatoms. The number of aromatic nitrogens is 4. The molecule has 0 spiro atoms. The van der Waals surface area contributed by atoms with Crippen molar-refractivity contribution >= 4 is 27.4 Å². The quantitative estimate of drug-likeness (QED) is 0.670. The first-order chi connectivity index (χ1) is 7.34. The van der Waals surface area contributed by atoms with Crippen molar-refractivity contribution in [2.24, 2.45) is 0 Å². The van der Waals surface area contributed by atoms with Crippen LogP contribution in [0.25, 0.3) is 16.0 Å². The molecular formula is C9H7N5S. The van der Waals surface area contributed by atoms with E-state index in [0.717, 1.165) is 16.0 Å². The average Bonchev–Trinajstić information content (AvgIpc) is 2.84. The van der Waals surface area contributed by atoms with Crippen LogP contribution in [0.3, 0.4) is 0 Å². The molecule has 3 aromatic rings. The standard InChI is InChI=1S/C9H7N5S/c10-7-1-3-14(13-7)9-8-6(2-4-15-8)11-5-12-9/h1-5H,(H2,10,13). The molecule has 74 valence electrons. The molecule has 0 saturated heterocycles. The van der Waals surface area contributed by atoms with Gasteiger partial charge in [0.25, 0.3) is 0 Å². The molecule has 5 nitrogen and oxygen atoms in total. The Kier molecular flexibility index (Phi) is 1.69. The minimum absolute atomic E-state index is 0.485. The summed E-state index contributed by atoms with van der Waals surface area (Å²) < 4.78 is 2.68. The molecule has 0 aromatic carbocycles. The molecule has 3 aromatic heterocycles. The number of rotatable bonds is 1. The van der Waals surface area contributed by atoms with Gasteiger partial charge < -0.3 is 5.73 Å². The maximum Gasteiger partial charge on any atom is 0.174 e. The molecule has 2 N–H and O–H groups in total. The van der Waals surface area contributed by atoms with Crippen molar-refractivity contribution in [3.8, 4) is 5.82 Å². The fraction of sp³-hybridized carbons (Fsp3) is 0. The monoisotopic (exact) mass is 217 g/mol. The van der Waals surface area contributed by atoms with Crippen LogP contribution in [0.2, 0.25) is 0 Å². The van der Waals surface area contributed by atoms with Crippen molar-refractivity contribution in [3.05, 3.63) is 30.0 Å². The summed E-state index contributed by atoms with van der Waals surface area (Å²) in [6.07, 6.45) is 3.32. The van der Waals surface area contributed by atoms with Gasteiger partial charge in [-0.1, -0.05) is 0 Å². The molecule has 0 aliphatic carbocycles. The van der Waals surface area contributed by atoms with Crippen LogP contribution in [0.1, 0.15) is 0 Å². The van der Waals surface area contributed by atoms with E-state index >= 15 is 0 Å². The normalized spacial score (nSPS) is 10.9. The van der Waals surface area contributed by atoms with Gasteiger partial charge in [-0.15, -0.1) is 16.4 Å². The summed E-state index contributed by atoms with van der Waals surface area (Å²) in [5.41, 5.74) is 6.49. The fourth-order valence-electron chi connectivity index (χ4n) is 1.40. The van der Waals surface area contributed by atoms with Crippen molar-refractivity contribution in [1.29, 1.82) is 0 Å². The number of anilines is 1. The zero-order valence-corrected chi connectivity index (χ0v) is 8.48. The highest BCUT2D eigenvalue weighted by Gasteiger charge is 2.07. The van der Waals surface area contributed by atoms with E-state index in [1.165, 1.54) is 6.33 Å². The summed E-state index contributed by atoms with van der Waals surface area (Å²) in [4.78, 5) is 8.37. The lowest BCUT2D eigenvalue weighted by Crippen LogP contribution is -1.99. The van der Waals surface area contributed by atoms with Gasteiger partial charge in [0.2, 0.25) is 0 Å². The van der Waals surface area contributed by atoms with Gasteiger partial charge in [0.1, 0.15) is 12.1 Å². The fourth-order valence-corrected chi connectivity index (χ4v) is 2.22. The molecule has 0 unspecified atom stereocenters. The highest BCUT2D eigenvalue weighted by Crippen LogP contribution is 2.23. The van der Waals surface area contributed by atoms with Gasteiger partial charge in [-0.2, -0.15) is 0 Å². The summed E-state index contributed by atoms with van der Waals surface area (Å²) in [5, 5.41) is 6.10. The van der Waals surface area contributed by atoms with Crippen LogP contribution in [0.5, 0.6) is 0 Å². The topological polar surface area (TPSA) is 69.6 Å². The van der Waals surface area contributed by atoms with E-state index in [0.29, 0.717) is 5.82 Å². The Morgan fingerprint density at radius 1 is 1.27 bits per heavy atom. The smallest absolute Gasteiger partial charge is 0.174 e. The zero-order valence-electron chi connectivity index (χ0n) is 7.66. The second-order valence-corrected chi connectivity index (χ2v) is 3.93. The van der Waals surface area contributed by atoms with E-state index in [1.807, 2.05) is 11.4 Å². The van der Waals surface area contributed by atoms with Crippen molar-refractivity contribution in [2.75, 3.05) is 5.73 Å². The highest BCUT2D eigenvalue weighted by molar-refractivity contribution is 7.17. The summed E-state index contributed by atoms with van der Waals surface area (Å²) in [6.45, 7) is 0. The molecule has 0 aliphatic heterocycles. The third-order valence-electron chi connectivity index (χ3n) is 2.05. The lowest BCUT2D eigenvalue weighted by molar-refractivity contribution is 0.857. The summed E-state index contributed by atoms with van der Waals surface area (Å²) in [6, 6.07) is 3.69. The SMILES string of the molecule is Nc1ccn(-c2ncnc3ccsc23)n1. The van der Waals surface area contributed by atoms with Gasteiger partial charge in [-0.05, 0) is 11.4 Å². The predicted molar refractivity (Wildman–Crippen MR) is 58.9 cm³/mol. The molecular weight excluding hydrogens is 210 g/mol. The molecule has 0 fully saturated rings. The maximum absolute atomic E-state index is 5.56. The van der Waals surface area contributed by atoms with Gasteiger partial charge >= 0.3 is 0 Å². The van der Waals surface area contributed by atoms with Crippen LogP contribution in [0.15, 0.2) is 30.0 Å². The largest absolute Gasteiger partial charge is 0.382 e. The molecule has 0 aliphatic rings. The lowest BCUT2D eigenvalue weighted by atomic mass is 10.4. The average molecular weight is 217 g/mol. The molecule has 0 radical (unpaired) electrons. The lowest BCUT2D eigenvalue weighted by Gasteiger charge is -1.99. The van der Waals surface area contributed by atoms with Crippen molar-refractivity contribution < 1.29 is 0 Å². The number of hydrogen-bond acceptors (Lipinski definition) is 5. The summed E-state index contributed by atoms with van der Waals surface area (Å²) in [7, 11) is 0. The molecule has 0 bridgehead atoms. The van der Waals surface area contributed by atoms with Gasteiger partial charge in [0, 0.05) is 12.3 Å². The molecule has 3 rings (SSSR count). The zero-order chi connectivity index (χ0) is 10.3. The Balaban J connectivity index is 2.30. The minimum atomic E-state index is 0.485. The van der Waals surface area contributed by atoms with Crippen LogP contribution in [0, 0.1) is 0 Å². The number of nitrogens with two attached hydrogens (primary N) is 1.